The first-order valence-corrected chi connectivity index (χ1v) is 14.9. The number of imide groups is 1. The standard InChI is InChI=1S/C30H27ClN4O8S.Na/c1-16(36)43-14-20-15-44-28-23(27(39)35(28)24(20)29(40)41)32-25(37)22(18-5-3-2-4-6-18)33-30(42)34-12-11-19(26(34)38)13-17-7-9-21(31)10-8-17;/h2-10,13,22-23,28H,11-12,14-15H2,1H3,(H,32,37)(H,33,42)(H,40,41);/q;+1/p-1/t22?,23?,28-;/m0./s1. The number of ether oxygens (including phenoxy) is 1. The van der Waals surface area contributed by atoms with Crippen molar-refractivity contribution < 1.29 is 68.2 Å². The van der Waals surface area contributed by atoms with Crippen LogP contribution >= 0.6 is 23.4 Å². The second kappa shape index (κ2) is 14.6. The molecule has 3 aliphatic heterocycles. The third kappa shape index (κ3) is 7.45. The van der Waals surface area contributed by atoms with Gasteiger partial charge in [0.1, 0.15) is 24.1 Å². The van der Waals surface area contributed by atoms with Crippen molar-refractivity contribution in [1.29, 1.82) is 0 Å². The van der Waals surface area contributed by atoms with E-state index in [-0.39, 0.29) is 54.0 Å². The van der Waals surface area contributed by atoms with Crippen molar-refractivity contribution in [2.45, 2.75) is 30.8 Å². The molecule has 0 spiro atoms. The number of β-lactam (4-membered cyclic amide) rings is 1. The molecule has 2 aromatic carbocycles. The molecule has 0 saturated carbocycles. The minimum atomic E-state index is -1.61. The molecule has 2 fully saturated rings. The molecule has 2 unspecified atom stereocenters. The number of carbonyl (C=O) groups excluding carboxylic acids is 6. The molecule has 15 heteroatoms. The Kier molecular flexibility index (Phi) is 11.2. The van der Waals surface area contributed by atoms with E-state index in [4.69, 9.17) is 16.3 Å². The van der Waals surface area contributed by atoms with Gasteiger partial charge in [0.15, 0.2) is 0 Å². The quantitative estimate of drug-likeness (QED) is 0.147. The number of nitrogens with zero attached hydrogens (tertiary/aromatic N) is 2. The van der Waals surface area contributed by atoms with Crippen LogP contribution in [0.4, 0.5) is 4.79 Å². The zero-order chi connectivity index (χ0) is 31.5. The largest absolute Gasteiger partial charge is 1.00 e. The second-order valence-corrected chi connectivity index (χ2v) is 11.7. The van der Waals surface area contributed by atoms with Crippen molar-refractivity contribution in [2.24, 2.45) is 0 Å². The average Bonchev–Trinajstić information content (AvgIpc) is 3.37. The fourth-order valence-electron chi connectivity index (χ4n) is 5.06. The van der Waals surface area contributed by atoms with Crippen LogP contribution < -0.4 is 45.3 Å². The number of carbonyl (C=O) groups is 6. The van der Waals surface area contributed by atoms with Crippen molar-refractivity contribution >= 4 is 65.1 Å². The van der Waals surface area contributed by atoms with Gasteiger partial charge in [-0.15, -0.1) is 11.8 Å². The summed E-state index contributed by atoms with van der Waals surface area (Å²) in [5, 5.41) is 16.9. The minimum Gasteiger partial charge on any atom is -0.543 e. The van der Waals surface area contributed by atoms with E-state index in [9.17, 15) is 33.9 Å². The number of amides is 5. The van der Waals surface area contributed by atoms with Crippen LogP contribution in [0.25, 0.3) is 6.08 Å². The fourth-order valence-corrected chi connectivity index (χ4v) is 6.51. The number of urea groups is 1. The van der Waals surface area contributed by atoms with Crippen LogP contribution in [0.15, 0.2) is 71.4 Å². The van der Waals surface area contributed by atoms with Gasteiger partial charge in [-0.3, -0.25) is 29.0 Å². The van der Waals surface area contributed by atoms with Gasteiger partial charge in [0.2, 0.25) is 5.91 Å². The van der Waals surface area contributed by atoms with Crippen LogP contribution in [0.5, 0.6) is 0 Å². The Bertz CT molecular complexity index is 1600. The molecule has 3 aliphatic rings. The number of thioether (sulfide) groups is 1. The number of aliphatic carboxylic acids is 1. The first-order chi connectivity index (χ1) is 21.0. The van der Waals surface area contributed by atoms with Gasteiger partial charge in [0, 0.05) is 35.4 Å². The Morgan fingerprint density at radius 2 is 1.80 bits per heavy atom. The summed E-state index contributed by atoms with van der Waals surface area (Å²) < 4.78 is 4.92. The maximum absolute atomic E-state index is 13.6. The van der Waals surface area contributed by atoms with Crippen molar-refractivity contribution in [3.8, 4) is 0 Å². The van der Waals surface area contributed by atoms with Crippen molar-refractivity contribution in [2.75, 3.05) is 18.9 Å². The summed E-state index contributed by atoms with van der Waals surface area (Å²) in [5.41, 5.74) is 1.38. The molecule has 0 aliphatic carbocycles. The third-order valence-corrected chi connectivity index (χ3v) is 8.82. The molecule has 12 nitrogen and oxygen atoms in total. The number of esters is 1. The second-order valence-electron chi connectivity index (χ2n) is 10.1. The van der Waals surface area contributed by atoms with Gasteiger partial charge in [-0.25, -0.2) is 4.79 Å². The number of carboxylic acids is 1. The molecule has 228 valence electrons. The molecule has 5 rings (SSSR count). The van der Waals surface area contributed by atoms with Crippen molar-refractivity contribution in [3.05, 3.63) is 87.6 Å². The maximum atomic E-state index is 13.6. The molecular weight excluding hydrogens is 635 g/mol. The summed E-state index contributed by atoms with van der Waals surface area (Å²) in [5.74, 6) is -4.01. The molecule has 0 radical (unpaired) electrons. The summed E-state index contributed by atoms with van der Waals surface area (Å²) >= 11 is 7.12. The average molecular weight is 661 g/mol. The van der Waals surface area contributed by atoms with Gasteiger partial charge in [-0.1, -0.05) is 54.1 Å². The van der Waals surface area contributed by atoms with Gasteiger partial charge in [-0.05, 0) is 35.8 Å². The third-order valence-electron chi connectivity index (χ3n) is 7.23. The number of likely N-dealkylation sites (tertiary alicyclic amines) is 1. The monoisotopic (exact) mass is 660 g/mol. The smallest absolute Gasteiger partial charge is 0.543 e. The Morgan fingerprint density at radius 3 is 2.44 bits per heavy atom. The van der Waals surface area contributed by atoms with Gasteiger partial charge in [0.25, 0.3) is 11.8 Å². The van der Waals surface area contributed by atoms with E-state index in [1.807, 2.05) is 0 Å². The molecule has 0 aromatic heterocycles. The van der Waals surface area contributed by atoms with E-state index in [1.54, 1.807) is 60.7 Å². The number of fused-ring (bicyclic) bond motifs is 1. The number of nitrogens with one attached hydrogen (secondary N) is 2. The molecule has 45 heavy (non-hydrogen) atoms. The van der Waals surface area contributed by atoms with E-state index in [2.05, 4.69) is 10.6 Å². The molecule has 2 N–H and O–H groups in total. The van der Waals surface area contributed by atoms with E-state index in [0.29, 0.717) is 22.6 Å². The number of carboxylic acid groups (broad SMARTS) is 1. The molecular formula is C30H26ClN4NaO8S. The van der Waals surface area contributed by atoms with E-state index < -0.39 is 58.8 Å². The molecule has 3 heterocycles. The predicted molar refractivity (Wildman–Crippen MR) is 157 cm³/mol. The number of benzene rings is 2. The molecule has 0 bridgehead atoms. The zero-order valence-corrected chi connectivity index (χ0v) is 27.9. The summed E-state index contributed by atoms with van der Waals surface area (Å²) in [7, 11) is 0. The zero-order valence-electron chi connectivity index (χ0n) is 24.3. The van der Waals surface area contributed by atoms with Crippen LogP contribution in [0, 0.1) is 0 Å². The van der Waals surface area contributed by atoms with E-state index in [1.165, 1.54) is 18.7 Å². The summed E-state index contributed by atoms with van der Waals surface area (Å²) in [4.78, 5) is 78.1. The predicted octanol–water partition coefficient (Wildman–Crippen LogP) is -1.62. The van der Waals surface area contributed by atoms with Crippen LogP contribution in [0.2, 0.25) is 5.02 Å². The Balaban J connectivity index is 0.00000461. The summed E-state index contributed by atoms with van der Waals surface area (Å²) in [6, 6.07) is 12.0. The number of halogens is 1. The Hall–Kier alpha value is -3.62. The van der Waals surface area contributed by atoms with Crippen molar-refractivity contribution in [1.82, 2.24) is 20.4 Å². The van der Waals surface area contributed by atoms with Gasteiger partial charge in [-0.2, -0.15) is 0 Å². The van der Waals surface area contributed by atoms with Gasteiger partial charge >= 0.3 is 41.6 Å². The number of hydrogen-bond donors (Lipinski definition) is 2. The summed E-state index contributed by atoms with van der Waals surface area (Å²) in [6.07, 6.45) is 1.99. The topological polar surface area (TPSA) is 165 Å². The Labute approximate surface area is 289 Å². The van der Waals surface area contributed by atoms with Gasteiger partial charge in [0.05, 0.1) is 11.7 Å². The number of rotatable bonds is 8. The minimum absolute atomic E-state index is 0. The van der Waals surface area contributed by atoms with E-state index >= 15 is 0 Å². The molecule has 2 saturated heterocycles. The van der Waals surface area contributed by atoms with Gasteiger partial charge < -0.3 is 25.3 Å². The molecule has 5 amide bonds. The van der Waals surface area contributed by atoms with E-state index in [0.717, 1.165) is 15.4 Å². The SMILES string of the molecule is CC(=O)OCC1=C(C(=O)[O-])N2C(=O)C(NC(=O)C(NC(=O)N3CCC(=Cc4ccc(Cl)cc4)C3=O)c3ccccc3)[C@@H]2SC1.[Na+]. The Morgan fingerprint density at radius 1 is 1.11 bits per heavy atom. The van der Waals surface area contributed by atoms with Crippen LogP contribution in [0.3, 0.4) is 0 Å². The van der Waals surface area contributed by atoms with Crippen LogP contribution in [0.1, 0.15) is 30.5 Å². The van der Waals surface area contributed by atoms with Crippen molar-refractivity contribution in [3.63, 3.8) is 0 Å². The first-order valence-electron chi connectivity index (χ1n) is 13.5. The first kappa shape index (κ1) is 34.3. The number of hydrogen-bond acceptors (Lipinski definition) is 9. The molecule has 3 atom stereocenters. The normalized spacial score (nSPS) is 20.5. The summed E-state index contributed by atoms with van der Waals surface area (Å²) in [6.45, 7) is 0.972. The fraction of sp³-hybridized carbons (Fsp3) is 0.267. The maximum Gasteiger partial charge on any atom is 1.00 e. The van der Waals surface area contributed by atoms with Crippen LogP contribution in [-0.2, 0) is 28.7 Å². The van der Waals surface area contributed by atoms with Crippen LogP contribution in [-0.4, -0.2) is 75.8 Å². The molecule has 2 aromatic rings.